The minimum Gasteiger partial charge on any atom is -0.393 e. The minimum absolute atomic E-state index is 0.161. The first-order valence-corrected chi connectivity index (χ1v) is 8.19. The number of aliphatic hydroxyl groups excluding tert-OH is 2. The zero-order valence-corrected chi connectivity index (χ0v) is 14.2. The molecule has 5 N–H and O–H groups in total. The van der Waals surface area contributed by atoms with Gasteiger partial charge in [-0.2, -0.15) is 0 Å². The van der Waals surface area contributed by atoms with E-state index in [1.165, 1.54) is 0 Å². The number of hydrogen-bond acceptors (Lipinski definition) is 5. The van der Waals surface area contributed by atoms with Gasteiger partial charge in [0.1, 0.15) is 0 Å². The summed E-state index contributed by atoms with van der Waals surface area (Å²) in [5.74, 6) is 0. The summed E-state index contributed by atoms with van der Waals surface area (Å²) >= 11 is 0. The summed E-state index contributed by atoms with van der Waals surface area (Å²) in [6.45, 7) is 10.00. The lowest BCUT2D eigenvalue weighted by molar-refractivity contribution is 0.150. The number of rotatable bonds is 10. The molecule has 0 heterocycles. The van der Waals surface area contributed by atoms with E-state index in [1.807, 2.05) is 39.0 Å². The molecular weight excluding hydrogens is 278 g/mol. The molecule has 3 atom stereocenters. The molecule has 0 aliphatic rings. The van der Waals surface area contributed by atoms with E-state index in [1.54, 1.807) is 6.92 Å². The standard InChI is InChI=1S/C17H31N3O2/c1-5-18-14-7-8-16(19-6-2)15(10-14)17(22)11-20-12(3)9-13(4)21/h7-8,10,12-13,17-22H,5-6,9,11H2,1-4H3. The van der Waals surface area contributed by atoms with Crippen LogP contribution >= 0.6 is 0 Å². The Hall–Kier alpha value is -1.30. The summed E-state index contributed by atoms with van der Waals surface area (Å²) in [6, 6.07) is 6.17. The third kappa shape index (κ3) is 6.22. The quantitative estimate of drug-likeness (QED) is 0.459. The van der Waals surface area contributed by atoms with E-state index in [9.17, 15) is 10.2 Å². The Kier molecular flexibility index (Phi) is 8.24. The third-order valence-electron chi connectivity index (χ3n) is 3.51. The van der Waals surface area contributed by atoms with Gasteiger partial charge in [0, 0.05) is 42.6 Å². The van der Waals surface area contributed by atoms with Gasteiger partial charge in [-0.25, -0.2) is 0 Å². The summed E-state index contributed by atoms with van der Waals surface area (Å²) in [6.07, 6.45) is -0.261. The van der Waals surface area contributed by atoms with Gasteiger partial charge in [0.25, 0.3) is 0 Å². The molecule has 0 radical (unpaired) electrons. The second-order valence-electron chi connectivity index (χ2n) is 5.77. The van der Waals surface area contributed by atoms with Crippen LogP contribution in [0, 0.1) is 0 Å². The maximum Gasteiger partial charge on any atom is 0.0935 e. The van der Waals surface area contributed by atoms with E-state index >= 15 is 0 Å². The van der Waals surface area contributed by atoms with Crippen LogP contribution in [0.5, 0.6) is 0 Å². The van der Waals surface area contributed by atoms with Crippen LogP contribution < -0.4 is 16.0 Å². The number of anilines is 2. The van der Waals surface area contributed by atoms with Crippen molar-refractivity contribution >= 4 is 11.4 Å². The van der Waals surface area contributed by atoms with Crippen molar-refractivity contribution in [1.82, 2.24) is 5.32 Å². The van der Waals surface area contributed by atoms with Gasteiger partial charge in [0.2, 0.25) is 0 Å². The summed E-state index contributed by atoms with van der Waals surface area (Å²) in [7, 11) is 0. The topological polar surface area (TPSA) is 76.5 Å². The average Bonchev–Trinajstić information content (AvgIpc) is 2.46. The molecule has 0 aliphatic carbocycles. The van der Waals surface area contributed by atoms with Crippen LogP contribution in [0.15, 0.2) is 18.2 Å². The molecule has 0 saturated heterocycles. The molecule has 22 heavy (non-hydrogen) atoms. The van der Waals surface area contributed by atoms with Crippen molar-refractivity contribution in [3.8, 4) is 0 Å². The van der Waals surface area contributed by atoms with Crippen LogP contribution in [0.1, 0.15) is 45.8 Å². The van der Waals surface area contributed by atoms with E-state index in [0.29, 0.717) is 13.0 Å². The van der Waals surface area contributed by atoms with E-state index in [4.69, 9.17) is 0 Å². The minimum atomic E-state index is -0.593. The Balaban J connectivity index is 2.75. The SMILES string of the molecule is CCNc1ccc(NCC)c(C(O)CNC(C)CC(C)O)c1. The monoisotopic (exact) mass is 309 g/mol. The van der Waals surface area contributed by atoms with Crippen molar-refractivity contribution in [3.63, 3.8) is 0 Å². The highest BCUT2D eigenvalue weighted by atomic mass is 16.3. The molecule has 0 aliphatic heterocycles. The van der Waals surface area contributed by atoms with Gasteiger partial charge in [-0.3, -0.25) is 0 Å². The van der Waals surface area contributed by atoms with Crippen LogP contribution in [0.3, 0.4) is 0 Å². The molecule has 1 aromatic carbocycles. The lowest BCUT2D eigenvalue weighted by atomic mass is 10.0. The molecule has 5 heteroatoms. The van der Waals surface area contributed by atoms with Crippen molar-refractivity contribution in [3.05, 3.63) is 23.8 Å². The molecule has 0 saturated carbocycles. The number of nitrogens with one attached hydrogen (secondary N) is 3. The van der Waals surface area contributed by atoms with Gasteiger partial charge in [0.05, 0.1) is 12.2 Å². The fourth-order valence-electron chi connectivity index (χ4n) is 2.52. The van der Waals surface area contributed by atoms with Crippen LogP contribution in [0.25, 0.3) is 0 Å². The number of benzene rings is 1. The van der Waals surface area contributed by atoms with Crippen molar-refractivity contribution < 1.29 is 10.2 Å². The van der Waals surface area contributed by atoms with Crippen molar-refractivity contribution in [2.45, 2.75) is 52.4 Å². The zero-order chi connectivity index (χ0) is 16.5. The summed E-state index contributed by atoms with van der Waals surface area (Å²) in [4.78, 5) is 0. The molecule has 126 valence electrons. The predicted molar refractivity (Wildman–Crippen MR) is 93.5 cm³/mol. The van der Waals surface area contributed by atoms with Gasteiger partial charge in [0.15, 0.2) is 0 Å². The molecule has 1 aromatic rings. The van der Waals surface area contributed by atoms with Gasteiger partial charge >= 0.3 is 0 Å². The summed E-state index contributed by atoms with van der Waals surface area (Å²) in [5.41, 5.74) is 2.86. The van der Waals surface area contributed by atoms with Gasteiger partial charge < -0.3 is 26.2 Å². The lowest BCUT2D eigenvalue weighted by Gasteiger charge is -2.21. The molecule has 0 fully saturated rings. The summed E-state index contributed by atoms with van der Waals surface area (Å²) < 4.78 is 0. The van der Waals surface area contributed by atoms with Crippen LogP contribution in [0.4, 0.5) is 11.4 Å². The normalized spacial score (nSPS) is 15.2. The zero-order valence-electron chi connectivity index (χ0n) is 14.2. The molecule has 0 bridgehead atoms. The predicted octanol–water partition coefficient (Wildman–Crippen LogP) is 2.33. The Bertz CT molecular complexity index is 438. The van der Waals surface area contributed by atoms with E-state index < -0.39 is 6.10 Å². The van der Waals surface area contributed by atoms with Gasteiger partial charge in [-0.05, 0) is 52.3 Å². The van der Waals surface area contributed by atoms with Gasteiger partial charge in [-0.15, -0.1) is 0 Å². The largest absolute Gasteiger partial charge is 0.393 e. The molecule has 0 spiro atoms. The van der Waals surface area contributed by atoms with E-state index in [-0.39, 0.29) is 12.1 Å². The van der Waals surface area contributed by atoms with Crippen LogP contribution in [-0.4, -0.2) is 42.0 Å². The molecule has 0 aromatic heterocycles. The average molecular weight is 309 g/mol. The highest BCUT2D eigenvalue weighted by molar-refractivity contribution is 5.60. The second kappa shape index (κ2) is 9.66. The maximum atomic E-state index is 10.5. The Morgan fingerprint density at radius 3 is 2.32 bits per heavy atom. The molecule has 0 amide bonds. The van der Waals surface area contributed by atoms with Crippen molar-refractivity contribution in [2.75, 3.05) is 30.3 Å². The smallest absolute Gasteiger partial charge is 0.0935 e. The second-order valence-corrected chi connectivity index (χ2v) is 5.77. The van der Waals surface area contributed by atoms with E-state index in [0.717, 1.165) is 30.0 Å². The highest BCUT2D eigenvalue weighted by Crippen LogP contribution is 2.26. The first kappa shape index (κ1) is 18.7. The fourth-order valence-corrected chi connectivity index (χ4v) is 2.52. The lowest BCUT2D eigenvalue weighted by Crippen LogP contribution is -2.33. The molecular formula is C17H31N3O2. The van der Waals surface area contributed by atoms with Crippen molar-refractivity contribution in [1.29, 1.82) is 0 Å². The third-order valence-corrected chi connectivity index (χ3v) is 3.51. The Labute approximate surface area is 134 Å². The van der Waals surface area contributed by atoms with Crippen molar-refractivity contribution in [2.24, 2.45) is 0 Å². The first-order chi connectivity index (χ1) is 10.5. The Morgan fingerprint density at radius 1 is 1.05 bits per heavy atom. The molecule has 3 unspecified atom stereocenters. The summed E-state index contributed by atoms with van der Waals surface area (Å²) in [5, 5.41) is 29.7. The maximum absolute atomic E-state index is 10.5. The van der Waals surface area contributed by atoms with E-state index in [2.05, 4.69) is 16.0 Å². The van der Waals surface area contributed by atoms with Crippen LogP contribution in [-0.2, 0) is 0 Å². The molecule has 1 rings (SSSR count). The Morgan fingerprint density at radius 2 is 1.73 bits per heavy atom. The molecule has 5 nitrogen and oxygen atoms in total. The first-order valence-electron chi connectivity index (χ1n) is 8.19. The van der Waals surface area contributed by atoms with Crippen LogP contribution in [0.2, 0.25) is 0 Å². The van der Waals surface area contributed by atoms with Gasteiger partial charge in [-0.1, -0.05) is 0 Å². The fraction of sp³-hybridized carbons (Fsp3) is 0.647. The highest BCUT2D eigenvalue weighted by Gasteiger charge is 2.15. The number of hydrogen-bond donors (Lipinski definition) is 5. The number of aliphatic hydroxyl groups is 2.